The van der Waals surface area contributed by atoms with E-state index in [4.69, 9.17) is 0 Å². The summed E-state index contributed by atoms with van der Waals surface area (Å²) in [5.74, 6) is -2.20. The fraction of sp³-hybridized carbons (Fsp3) is 0.273. The molecule has 0 aliphatic carbocycles. The molecule has 0 unspecified atom stereocenters. The van der Waals surface area contributed by atoms with Crippen molar-refractivity contribution in [2.75, 3.05) is 6.61 Å². The van der Waals surface area contributed by atoms with Crippen molar-refractivity contribution in [2.45, 2.75) is 13.3 Å². The van der Waals surface area contributed by atoms with Gasteiger partial charge in [0.05, 0.1) is 6.61 Å². The highest BCUT2D eigenvalue weighted by Gasteiger charge is 2.24. The van der Waals surface area contributed by atoms with Crippen LogP contribution in [0.4, 0.5) is 8.78 Å². The lowest BCUT2D eigenvalue weighted by atomic mass is 10.0. The molecular formula is C11H9BrF2O3. The van der Waals surface area contributed by atoms with E-state index in [2.05, 4.69) is 20.7 Å². The van der Waals surface area contributed by atoms with Gasteiger partial charge >= 0.3 is 5.97 Å². The molecule has 0 radical (unpaired) electrons. The summed E-state index contributed by atoms with van der Waals surface area (Å²) in [6.07, 6.45) is -2.82. The van der Waals surface area contributed by atoms with E-state index in [1.54, 1.807) is 0 Å². The Labute approximate surface area is 105 Å². The minimum absolute atomic E-state index is 0.0165. The maximum Gasteiger partial charge on any atom is 0.379 e. The Morgan fingerprint density at radius 1 is 1.41 bits per heavy atom. The molecule has 0 saturated carbocycles. The summed E-state index contributed by atoms with van der Waals surface area (Å²) in [5.41, 5.74) is -0.820. The fourth-order valence-corrected chi connectivity index (χ4v) is 1.58. The maximum absolute atomic E-state index is 12.6. The number of hydrogen-bond acceptors (Lipinski definition) is 3. The highest BCUT2D eigenvalue weighted by Crippen LogP contribution is 2.26. The molecule has 0 spiro atoms. The predicted octanol–water partition coefficient (Wildman–Crippen LogP) is 3.13. The number of Topliss-reactive ketones (excluding diaryl/α,β-unsaturated/α-hetero) is 1. The number of alkyl halides is 2. The van der Waals surface area contributed by atoms with E-state index < -0.39 is 23.7 Å². The molecule has 0 aliphatic heterocycles. The molecule has 17 heavy (non-hydrogen) atoms. The fourth-order valence-electron chi connectivity index (χ4n) is 1.22. The second-order valence-corrected chi connectivity index (χ2v) is 4.00. The van der Waals surface area contributed by atoms with Crippen LogP contribution in [0.3, 0.4) is 0 Å². The molecule has 92 valence electrons. The van der Waals surface area contributed by atoms with Crippen LogP contribution in [0.25, 0.3) is 0 Å². The van der Waals surface area contributed by atoms with E-state index in [0.717, 1.165) is 6.07 Å². The first-order valence-electron chi connectivity index (χ1n) is 4.76. The molecule has 0 aliphatic rings. The topological polar surface area (TPSA) is 43.4 Å². The van der Waals surface area contributed by atoms with E-state index in [-0.39, 0.29) is 12.2 Å². The molecule has 0 atom stereocenters. The van der Waals surface area contributed by atoms with Gasteiger partial charge in [-0.2, -0.15) is 0 Å². The Balaban J connectivity index is 3.15. The highest BCUT2D eigenvalue weighted by atomic mass is 79.9. The van der Waals surface area contributed by atoms with Crippen LogP contribution < -0.4 is 0 Å². The minimum atomic E-state index is -2.82. The molecule has 0 amide bonds. The summed E-state index contributed by atoms with van der Waals surface area (Å²) < 4.78 is 30.2. The van der Waals surface area contributed by atoms with Crippen molar-refractivity contribution in [3.05, 3.63) is 33.8 Å². The van der Waals surface area contributed by atoms with Crippen LogP contribution in [-0.4, -0.2) is 18.4 Å². The summed E-state index contributed by atoms with van der Waals surface area (Å²) >= 11 is 3.05. The molecule has 0 saturated heterocycles. The van der Waals surface area contributed by atoms with Crippen molar-refractivity contribution in [3.8, 4) is 0 Å². The number of ether oxygens (including phenoxy) is 1. The van der Waals surface area contributed by atoms with Crippen molar-refractivity contribution in [1.29, 1.82) is 0 Å². The molecule has 1 rings (SSSR count). The largest absolute Gasteiger partial charge is 0.460 e. The van der Waals surface area contributed by atoms with Crippen molar-refractivity contribution >= 4 is 27.7 Å². The Morgan fingerprint density at radius 3 is 2.59 bits per heavy atom. The van der Waals surface area contributed by atoms with Crippen molar-refractivity contribution < 1.29 is 23.1 Å². The second kappa shape index (κ2) is 5.86. The number of rotatable bonds is 4. The normalized spacial score (nSPS) is 10.4. The van der Waals surface area contributed by atoms with E-state index in [1.165, 1.54) is 19.1 Å². The average molecular weight is 307 g/mol. The quantitative estimate of drug-likeness (QED) is 0.487. The third-order valence-corrected chi connectivity index (χ3v) is 2.45. The molecule has 3 nitrogen and oxygen atoms in total. The molecule has 6 heteroatoms. The van der Waals surface area contributed by atoms with Crippen molar-refractivity contribution in [2.24, 2.45) is 0 Å². The van der Waals surface area contributed by atoms with Gasteiger partial charge in [-0.25, -0.2) is 13.6 Å². The van der Waals surface area contributed by atoms with E-state index in [0.29, 0.717) is 4.47 Å². The van der Waals surface area contributed by atoms with Gasteiger partial charge in [-0.1, -0.05) is 22.0 Å². The zero-order valence-corrected chi connectivity index (χ0v) is 10.5. The summed E-state index contributed by atoms with van der Waals surface area (Å²) in [7, 11) is 0. The number of halogens is 3. The predicted molar refractivity (Wildman–Crippen MR) is 60.1 cm³/mol. The van der Waals surface area contributed by atoms with Crippen LogP contribution in [0.5, 0.6) is 0 Å². The lowest BCUT2D eigenvalue weighted by Gasteiger charge is -2.07. The summed E-state index contributed by atoms with van der Waals surface area (Å²) in [6.45, 7) is 1.54. The molecule has 0 bridgehead atoms. The first kappa shape index (κ1) is 13.8. The average Bonchev–Trinajstić information content (AvgIpc) is 2.27. The van der Waals surface area contributed by atoms with Gasteiger partial charge in [0.15, 0.2) is 0 Å². The zero-order chi connectivity index (χ0) is 13.0. The van der Waals surface area contributed by atoms with Gasteiger partial charge in [0.1, 0.15) is 0 Å². The van der Waals surface area contributed by atoms with Crippen LogP contribution in [0.1, 0.15) is 29.3 Å². The van der Waals surface area contributed by atoms with E-state index >= 15 is 0 Å². The first-order chi connectivity index (χ1) is 7.97. The van der Waals surface area contributed by atoms with Crippen LogP contribution in [0.2, 0.25) is 0 Å². The number of hydrogen-bond donors (Lipinski definition) is 0. The molecular weight excluding hydrogens is 298 g/mol. The summed E-state index contributed by atoms with van der Waals surface area (Å²) in [4.78, 5) is 22.8. The maximum atomic E-state index is 12.6. The molecule has 0 N–H and O–H groups in total. The van der Waals surface area contributed by atoms with Crippen LogP contribution in [0, 0.1) is 0 Å². The Morgan fingerprint density at radius 2 is 2.06 bits per heavy atom. The Kier molecular flexibility index (Phi) is 4.74. The van der Waals surface area contributed by atoms with Gasteiger partial charge in [0, 0.05) is 15.6 Å². The van der Waals surface area contributed by atoms with Gasteiger partial charge in [-0.15, -0.1) is 0 Å². The van der Waals surface area contributed by atoms with Crippen LogP contribution >= 0.6 is 15.9 Å². The van der Waals surface area contributed by atoms with E-state index in [1.807, 2.05) is 0 Å². The Hall–Kier alpha value is -1.30. The van der Waals surface area contributed by atoms with Gasteiger partial charge in [0.25, 0.3) is 12.2 Å². The van der Waals surface area contributed by atoms with Crippen molar-refractivity contribution in [3.63, 3.8) is 0 Å². The molecule has 1 aromatic carbocycles. The third kappa shape index (κ3) is 3.33. The SMILES string of the molecule is CCOC(=O)C(=O)c1cc(Br)ccc1C(F)F. The zero-order valence-electron chi connectivity index (χ0n) is 8.88. The van der Waals surface area contributed by atoms with Gasteiger partial charge in [-0.3, -0.25) is 4.79 Å². The van der Waals surface area contributed by atoms with E-state index in [9.17, 15) is 18.4 Å². The Bertz CT molecular complexity index is 446. The van der Waals surface area contributed by atoms with Crippen LogP contribution in [0.15, 0.2) is 22.7 Å². The standard InChI is InChI=1S/C11H9BrF2O3/c1-2-17-11(16)9(15)8-5-6(12)3-4-7(8)10(13)14/h3-5,10H,2H2,1H3. The number of ketones is 1. The molecule has 0 heterocycles. The third-order valence-electron chi connectivity index (χ3n) is 1.96. The number of esters is 1. The monoisotopic (exact) mass is 306 g/mol. The van der Waals surface area contributed by atoms with Gasteiger partial charge in [0.2, 0.25) is 0 Å². The molecule has 1 aromatic rings. The lowest BCUT2D eigenvalue weighted by Crippen LogP contribution is -2.19. The molecule has 0 aromatic heterocycles. The smallest absolute Gasteiger partial charge is 0.379 e. The lowest BCUT2D eigenvalue weighted by molar-refractivity contribution is -0.137. The van der Waals surface area contributed by atoms with Gasteiger partial charge in [-0.05, 0) is 19.1 Å². The summed E-state index contributed by atoms with van der Waals surface area (Å²) in [6, 6.07) is 3.66. The minimum Gasteiger partial charge on any atom is -0.460 e. The summed E-state index contributed by atoms with van der Waals surface area (Å²) in [5, 5.41) is 0. The van der Waals surface area contributed by atoms with Gasteiger partial charge < -0.3 is 4.74 Å². The number of carbonyl (C=O) groups excluding carboxylic acids is 2. The van der Waals surface area contributed by atoms with Crippen LogP contribution in [-0.2, 0) is 9.53 Å². The second-order valence-electron chi connectivity index (χ2n) is 3.08. The number of benzene rings is 1. The highest BCUT2D eigenvalue weighted by molar-refractivity contribution is 9.10. The van der Waals surface area contributed by atoms with Crippen molar-refractivity contribution in [1.82, 2.24) is 0 Å². The molecule has 0 fully saturated rings. The number of carbonyl (C=O) groups is 2. The first-order valence-corrected chi connectivity index (χ1v) is 5.55.